The summed E-state index contributed by atoms with van der Waals surface area (Å²) < 4.78 is 0. The maximum Gasteiger partial charge on any atom is 0.00997 e. The summed E-state index contributed by atoms with van der Waals surface area (Å²) >= 11 is 0. The Morgan fingerprint density at radius 1 is 0.846 bits per heavy atom. The van der Waals surface area contributed by atoms with Gasteiger partial charge in [-0.25, -0.2) is 0 Å². The maximum atomic E-state index is 6.97. The van der Waals surface area contributed by atoms with Gasteiger partial charge in [0.05, 0.1) is 0 Å². The van der Waals surface area contributed by atoms with Crippen molar-refractivity contribution in [1.29, 1.82) is 0 Å². The van der Waals surface area contributed by atoms with E-state index >= 15 is 0 Å². The first-order valence-corrected chi connectivity index (χ1v) is 5.52. The number of hydrogen-bond donors (Lipinski definition) is 0. The summed E-state index contributed by atoms with van der Waals surface area (Å²) in [5, 5.41) is 0. The lowest BCUT2D eigenvalue weighted by Gasteiger charge is -1.96. The minimum atomic E-state index is 0.594. The van der Waals surface area contributed by atoms with Crippen molar-refractivity contribution < 1.29 is 0 Å². The molecular weight excluding hydrogens is 158 g/mol. The molecule has 75 valence electrons. The summed E-state index contributed by atoms with van der Waals surface area (Å²) in [6, 6.07) is 0. The molecule has 0 rings (SSSR count). The van der Waals surface area contributed by atoms with Crippen LogP contribution in [0, 0.1) is 11.8 Å². The molecule has 0 spiro atoms. The van der Waals surface area contributed by atoms with Crippen molar-refractivity contribution in [2.45, 2.75) is 58.3 Å². The zero-order chi connectivity index (χ0) is 9.78. The predicted octanol–water partition coefficient (Wildman–Crippen LogP) is 3.41. The van der Waals surface area contributed by atoms with Gasteiger partial charge in [-0.05, 0) is 19.3 Å². The Labute approximate surface area is 83.1 Å². The monoisotopic (exact) mass is 180 g/mol. The van der Waals surface area contributed by atoms with Crippen LogP contribution in [0.4, 0.5) is 0 Å². The summed E-state index contributed by atoms with van der Waals surface area (Å²) in [5.74, 6) is 6.35. The van der Waals surface area contributed by atoms with Gasteiger partial charge in [0.1, 0.15) is 0 Å². The van der Waals surface area contributed by atoms with Crippen LogP contribution >= 0.6 is 0 Å². The molecule has 0 saturated carbocycles. The van der Waals surface area contributed by atoms with Crippen LogP contribution in [0.1, 0.15) is 58.3 Å². The summed E-state index contributed by atoms with van der Waals surface area (Å²) in [6.45, 7) is 2.76. The molecule has 1 radical (unpaired) electrons. The highest BCUT2D eigenvalue weighted by molar-refractivity contribution is 4.98. The normalized spacial score (nSPS) is 9.38. The lowest BCUT2D eigenvalue weighted by molar-refractivity contribution is 0.622. The quantitative estimate of drug-likeness (QED) is 0.423. The van der Waals surface area contributed by atoms with E-state index in [2.05, 4.69) is 18.8 Å². The second-order valence-electron chi connectivity index (χ2n) is 3.37. The van der Waals surface area contributed by atoms with Gasteiger partial charge in [0, 0.05) is 19.4 Å². The van der Waals surface area contributed by atoms with Crippen molar-refractivity contribution in [3.63, 3.8) is 0 Å². The fourth-order valence-corrected chi connectivity index (χ4v) is 1.17. The van der Waals surface area contributed by atoms with E-state index in [9.17, 15) is 0 Å². The van der Waals surface area contributed by atoms with Crippen LogP contribution in [0.5, 0.6) is 0 Å². The van der Waals surface area contributed by atoms with E-state index in [-0.39, 0.29) is 0 Å². The van der Waals surface area contributed by atoms with Gasteiger partial charge in [-0.1, -0.05) is 26.2 Å². The van der Waals surface area contributed by atoms with Gasteiger partial charge in [-0.15, -0.1) is 11.8 Å². The van der Waals surface area contributed by atoms with Crippen LogP contribution in [0.2, 0.25) is 0 Å². The predicted molar refractivity (Wildman–Crippen MR) is 58.3 cm³/mol. The Bertz CT molecular complexity index is 141. The minimum Gasteiger partial charge on any atom is -0.258 e. The Morgan fingerprint density at radius 2 is 1.46 bits per heavy atom. The SMILES string of the molecule is CCCC#CCCCCCCC[NH]. The smallest absolute Gasteiger partial charge is 0.00997 e. The Hall–Kier alpha value is -0.480. The molecule has 0 heterocycles. The highest BCUT2D eigenvalue weighted by atomic mass is 14.5. The summed E-state index contributed by atoms with van der Waals surface area (Å²) in [7, 11) is 0. The largest absolute Gasteiger partial charge is 0.258 e. The van der Waals surface area contributed by atoms with Crippen molar-refractivity contribution in [2.24, 2.45) is 0 Å². The van der Waals surface area contributed by atoms with Crippen LogP contribution in [0.3, 0.4) is 0 Å². The molecule has 0 fully saturated rings. The molecule has 0 bridgehead atoms. The number of hydrogen-bond acceptors (Lipinski definition) is 0. The molecule has 0 saturated heterocycles. The third kappa shape index (κ3) is 11.5. The Kier molecular flexibility index (Phi) is 11.1. The van der Waals surface area contributed by atoms with E-state index in [1.807, 2.05) is 0 Å². The molecule has 1 N–H and O–H groups in total. The average molecular weight is 180 g/mol. The second kappa shape index (κ2) is 11.5. The molecule has 13 heavy (non-hydrogen) atoms. The minimum absolute atomic E-state index is 0.594. The number of rotatable bonds is 7. The molecule has 0 amide bonds. The molecule has 1 heteroatoms. The number of nitrogens with one attached hydrogen (secondary N) is 1. The van der Waals surface area contributed by atoms with Gasteiger partial charge < -0.3 is 0 Å². The van der Waals surface area contributed by atoms with E-state index in [1.54, 1.807) is 0 Å². The lowest BCUT2D eigenvalue weighted by Crippen LogP contribution is -1.85. The topological polar surface area (TPSA) is 23.8 Å². The molecule has 0 unspecified atom stereocenters. The van der Waals surface area contributed by atoms with E-state index < -0.39 is 0 Å². The second-order valence-corrected chi connectivity index (χ2v) is 3.37. The van der Waals surface area contributed by atoms with Gasteiger partial charge in [0.2, 0.25) is 0 Å². The molecular formula is C12H22N. The zero-order valence-electron chi connectivity index (χ0n) is 8.86. The third-order valence-electron chi connectivity index (χ3n) is 1.98. The van der Waals surface area contributed by atoms with Crippen molar-refractivity contribution in [2.75, 3.05) is 6.54 Å². The first-order chi connectivity index (χ1) is 6.41. The molecule has 0 atom stereocenters. The molecule has 1 nitrogen and oxygen atoms in total. The van der Waals surface area contributed by atoms with Crippen molar-refractivity contribution in [3.8, 4) is 11.8 Å². The zero-order valence-corrected chi connectivity index (χ0v) is 8.86. The average Bonchev–Trinajstić information content (AvgIpc) is 2.16. The maximum absolute atomic E-state index is 6.97. The summed E-state index contributed by atoms with van der Waals surface area (Å²) in [5.41, 5.74) is 6.97. The fraction of sp³-hybridized carbons (Fsp3) is 0.833. The van der Waals surface area contributed by atoms with Gasteiger partial charge in [0.15, 0.2) is 0 Å². The van der Waals surface area contributed by atoms with Gasteiger partial charge >= 0.3 is 0 Å². The van der Waals surface area contributed by atoms with E-state index in [0.29, 0.717) is 6.54 Å². The van der Waals surface area contributed by atoms with E-state index in [0.717, 1.165) is 19.3 Å². The van der Waals surface area contributed by atoms with Crippen LogP contribution in [-0.2, 0) is 0 Å². The highest BCUT2D eigenvalue weighted by Crippen LogP contribution is 2.04. The fourth-order valence-electron chi connectivity index (χ4n) is 1.17. The molecule has 0 aliphatic rings. The van der Waals surface area contributed by atoms with Gasteiger partial charge in [0.25, 0.3) is 0 Å². The van der Waals surface area contributed by atoms with Crippen LogP contribution in [0.15, 0.2) is 0 Å². The Morgan fingerprint density at radius 3 is 2.15 bits per heavy atom. The van der Waals surface area contributed by atoms with Gasteiger partial charge in [-0.2, -0.15) is 0 Å². The van der Waals surface area contributed by atoms with Crippen LogP contribution in [0.25, 0.3) is 0 Å². The van der Waals surface area contributed by atoms with Crippen molar-refractivity contribution in [3.05, 3.63) is 0 Å². The Balaban J connectivity index is 2.96. The summed E-state index contributed by atoms with van der Waals surface area (Å²) in [4.78, 5) is 0. The van der Waals surface area contributed by atoms with E-state index in [4.69, 9.17) is 5.73 Å². The molecule has 0 aromatic rings. The molecule has 0 aliphatic heterocycles. The van der Waals surface area contributed by atoms with Crippen molar-refractivity contribution in [1.82, 2.24) is 5.73 Å². The standard InChI is InChI=1S/C12H22N/c1-2-3-4-5-6-7-8-9-10-11-12-13/h13H,2-3,6-12H2,1H3. The first kappa shape index (κ1) is 12.5. The first-order valence-electron chi connectivity index (χ1n) is 5.52. The molecule has 0 aromatic heterocycles. The molecule has 0 aliphatic carbocycles. The van der Waals surface area contributed by atoms with E-state index in [1.165, 1.54) is 32.1 Å². The van der Waals surface area contributed by atoms with Crippen molar-refractivity contribution >= 4 is 0 Å². The van der Waals surface area contributed by atoms with Crippen LogP contribution < -0.4 is 5.73 Å². The summed E-state index contributed by atoms with van der Waals surface area (Å²) in [6.07, 6.45) is 9.42. The third-order valence-corrected chi connectivity index (χ3v) is 1.98. The number of unbranched alkanes of at least 4 members (excludes halogenated alkanes) is 6. The highest BCUT2D eigenvalue weighted by Gasteiger charge is 1.87. The van der Waals surface area contributed by atoms with Gasteiger partial charge in [-0.3, -0.25) is 5.73 Å². The molecule has 0 aromatic carbocycles. The lowest BCUT2D eigenvalue weighted by atomic mass is 10.1. The van der Waals surface area contributed by atoms with Crippen LogP contribution in [-0.4, -0.2) is 6.54 Å².